The van der Waals surface area contributed by atoms with E-state index in [0.717, 1.165) is 19.3 Å². The third-order valence-electron chi connectivity index (χ3n) is 3.84. The lowest BCUT2D eigenvalue weighted by molar-refractivity contribution is -0.147. The van der Waals surface area contributed by atoms with Crippen LogP contribution in [0.15, 0.2) is 0 Å². The van der Waals surface area contributed by atoms with Crippen LogP contribution < -0.4 is 5.32 Å². The Hall–Kier alpha value is -1.30. The summed E-state index contributed by atoms with van der Waals surface area (Å²) in [5.74, 6) is -1.32. The minimum atomic E-state index is -1.35. The van der Waals surface area contributed by atoms with E-state index in [4.69, 9.17) is 9.47 Å². The monoisotopic (exact) mass is 345 g/mol. The van der Waals surface area contributed by atoms with Gasteiger partial charge < -0.3 is 19.9 Å². The topological polar surface area (TPSA) is 84.9 Å². The van der Waals surface area contributed by atoms with Crippen molar-refractivity contribution in [1.29, 1.82) is 0 Å². The third-order valence-corrected chi connectivity index (χ3v) is 3.84. The summed E-state index contributed by atoms with van der Waals surface area (Å²) in [5, 5.41) is 12.3. The fourth-order valence-corrected chi connectivity index (χ4v) is 2.40. The summed E-state index contributed by atoms with van der Waals surface area (Å²) in [7, 11) is 0. The van der Waals surface area contributed by atoms with E-state index in [1.807, 2.05) is 0 Å². The van der Waals surface area contributed by atoms with Crippen LogP contribution in [0.2, 0.25) is 0 Å². The molecule has 0 heterocycles. The number of carboxylic acid groups (broad SMARTS) is 1. The highest BCUT2D eigenvalue weighted by atomic mass is 16.6. The Morgan fingerprint density at radius 3 is 2.12 bits per heavy atom. The first-order valence-corrected chi connectivity index (χ1v) is 8.87. The molecule has 0 rings (SSSR count). The molecule has 0 saturated heterocycles. The SMILES string of the molecule is CCCCCOCCC[C@@](NC(=O)OC(C)(C)C)(C(=O)O)C(C)C. The highest BCUT2D eigenvalue weighted by Gasteiger charge is 2.43. The Balaban J connectivity index is 4.67. The van der Waals surface area contributed by atoms with Gasteiger partial charge in [0.15, 0.2) is 0 Å². The summed E-state index contributed by atoms with van der Waals surface area (Å²) in [5.41, 5.74) is -2.02. The molecular formula is C18H35NO5. The zero-order valence-electron chi connectivity index (χ0n) is 16.1. The van der Waals surface area contributed by atoms with Crippen molar-refractivity contribution in [3.63, 3.8) is 0 Å². The van der Waals surface area contributed by atoms with Gasteiger partial charge in [-0.05, 0) is 46.0 Å². The first kappa shape index (κ1) is 22.7. The van der Waals surface area contributed by atoms with Gasteiger partial charge in [0.05, 0.1) is 0 Å². The first-order chi connectivity index (χ1) is 11.0. The van der Waals surface area contributed by atoms with Gasteiger partial charge in [-0.1, -0.05) is 33.6 Å². The molecular weight excluding hydrogens is 310 g/mol. The van der Waals surface area contributed by atoms with Gasteiger partial charge in [-0.15, -0.1) is 0 Å². The Labute approximate surface area is 146 Å². The van der Waals surface area contributed by atoms with Crippen molar-refractivity contribution in [2.24, 2.45) is 5.92 Å². The number of nitrogens with one attached hydrogen (secondary N) is 1. The van der Waals surface area contributed by atoms with Crippen molar-refractivity contribution in [1.82, 2.24) is 5.32 Å². The van der Waals surface area contributed by atoms with E-state index in [-0.39, 0.29) is 5.92 Å². The second-order valence-corrected chi connectivity index (χ2v) is 7.48. The fraction of sp³-hybridized carbons (Fsp3) is 0.889. The van der Waals surface area contributed by atoms with Gasteiger partial charge in [0.25, 0.3) is 0 Å². The van der Waals surface area contributed by atoms with Crippen LogP contribution in [0.1, 0.15) is 73.6 Å². The van der Waals surface area contributed by atoms with Crippen molar-refractivity contribution in [3.05, 3.63) is 0 Å². The van der Waals surface area contributed by atoms with Crippen LogP contribution in [-0.2, 0) is 14.3 Å². The number of amides is 1. The zero-order chi connectivity index (χ0) is 18.8. The lowest BCUT2D eigenvalue weighted by Crippen LogP contribution is -2.59. The molecule has 1 atom stereocenters. The van der Waals surface area contributed by atoms with Gasteiger partial charge >= 0.3 is 12.1 Å². The van der Waals surface area contributed by atoms with Crippen LogP contribution in [-0.4, -0.2) is 41.5 Å². The van der Waals surface area contributed by atoms with E-state index in [2.05, 4.69) is 12.2 Å². The number of alkyl carbamates (subject to hydrolysis) is 1. The molecule has 0 aliphatic carbocycles. The van der Waals surface area contributed by atoms with Crippen LogP contribution in [0.3, 0.4) is 0 Å². The van der Waals surface area contributed by atoms with E-state index in [1.54, 1.807) is 34.6 Å². The minimum absolute atomic E-state index is 0.275. The fourth-order valence-electron chi connectivity index (χ4n) is 2.40. The number of unbranched alkanes of at least 4 members (excludes halogenated alkanes) is 2. The highest BCUT2D eigenvalue weighted by molar-refractivity contribution is 5.84. The van der Waals surface area contributed by atoms with Crippen molar-refractivity contribution < 1.29 is 24.2 Å². The first-order valence-electron chi connectivity index (χ1n) is 8.87. The summed E-state index contributed by atoms with van der Waals surface area (Å²) in [6.07, 6.45) is 3.44. The molecule has 0 fully saturated rings. The van der Waals surface area contributed by atoms with Crippen molar-refractivity contribution in [2.45, 2.75) is 84.8 Å². The maximum atomic E-state index is 12.1. The number of carboxylic acids is 1. The Bertz CT molecular complexity index is 389. The Morgan fingerprint density at radius 1 is 1.08 bits per heavy atom. The number of carbonyl (C=O) groups is 2. The average Bonchev–Trinajstić information content (AvgIpc) is 2.42. The number of ether oxygens (including phenoxy) is 2. The van der Waals surface area contributed by atoms with Gasteiger partial charge in [0, 0.05) is 13.2 Å². The third kappa shape index (κ3) is 8.52. The van der Waals surface area contributed by atoms with E-state index >= 15 is 0 Å². The molecule has 0 aliphatic rings. The van der Waals surface area contributed by atoms with Gasteiger partial charge in [-0.25, -0.2) is 9.59 Å². The van der Waals surface area contributed by atoms with E-state index in [1.165, 1.54) is 0 Å². The maximum absolute atomic E-state index is 12.1. The second-order valence-electron chi connectivity index (χ2n) is 7.48. The molecule has 0 aromatic heterocycles. The van der Waals surface area contributed by atoms with Crippen LogP contribution >= 0.6 is 0 Å². The summed E-state index contributed by atoms with van der Waals surface area (Å²) in [6, 6.07) is 0. The molecule has 0 aromatic rings. The molecule has 0 unspecified atom stereocenters. The highest BCUT2D eigenvalue weighted by Crippen LogP contribution is 2.25. The van der Waals surface area contributed by atoms with E-state index in [9.17, 15) is 14.7 Å². The second kappa shape index (κ2) is 10.5. The molecule has 0 radical (unpaired) electrons. The number of carbonyl (C=O) groups excluding carboxylic acids is 1. The van der Waals surface area contributed by atoms with E-state index in [0.29, 0.717) is 26.1 Å². The maximum Gasteiger partial charge on any atom is 0.408 e. The molecule has 0 aromatic carbocycles. The van der Waals surface area contributed by atoms with Gasteiger partial charge in [-0.2, -0.15) is 0 Å². The number of aliphatic carboxylic acids is 1. The van der Waals surface area contributed by atoms with Crippen LogP contribution in [0.25, 0.3) is 0 Å². The summed E-state index contributed by atoms with van der Waals surface area (Å²) < 4.78 is 10.8. The van der Waals surface area contributed by atoms with Crippen molar-refractivity contribution in [2.75, 3.05) is 13.2 Å². The number of hydrogen-bond acceptors (Lipinski definition) is 4. The van der Waals surface area contributed by atoms with E-state index < -0.39 is 23.2 Å². The Kier molecular flexibility index (Phi) is 9.97. The smallest absolute Gasteiger partial charge is 0.408 e. The molecule has 6 heteroatoms. The van der Waals surface area contributed by atoms with Gasteiger partial charge in [0.2, 0.25) is 0 Å². The zero-order valence-corrected chi connectivity index (χ0v) is 16.1. The molecule has 6 nitrogen and oxygen atoms in total. The van der Waals surface area contributed by atoms with Crippen LogP contribution in [0.5, 0.6) is 0 Å². The van der Waals surface area contributed by atoms with Crippen LogP contribution in [0, 0.1) is 5.92 Å². The van der Waals surface area contributed by atoms with Gasteiger partial charge in [-0.3, -0.25) is 0 Å². The summed E-state index contributed by atoms with van der Waals surface area (Å²) in [6.45, 7) is 12.1. The Morgan fingerprint density at radius 2 is 1.67 bits per heavy atom. The largest absolute Gasteiger partial charge is 0.479 e. The molecule has 0 spiro atoms. The lowest BCUT2D eigenvalue weighted by Gasteiger charge is -2.35. The predicted octanol–water partition coefficient (Wildman–Crippen LogP) is 3.98. The molecule has 24 heavy (non-hydrogen) atoms. The summed E-state index contributed by atoms with van der Waals surface area (Å²) >= 11 is 0. The number of rotatable bonds is 11. The number of hydrogen-bond donors (Lipinski definition) is 2. The molecule has 0 saturated carbocycles. The van der Waals surface area contributed by atoms with Crippen molar-refractivity contribution in [3.8, 4) is 0 Å². The van der Waals surface area contributed by atoms with Crippen LogP contribution in [0.4, 0.5) is 4.79 Å². The molecule has 2 N–H and O–H groups in total. The van der Waals surface area contributed by atoms with Crippen molar-refractivity contribution >= 4 is 12.1 Å². The molecule has 0 aliphatic heterocycles. The standard InChI is InChI=1S/C18H35NO5/c1-7-8-9-12-23-13-10-11-18(14(2)3,15(20)21)19-16(22)24-17(4,5)6/h14H,7-13H2,1-6H3,(H,19,22)(H,20,21)/t18-/m0/s1. The predicted molar refractivity (Wildman–Crippen MR) is 94.2 cm³/mol. The lowest BCUT2D eigenvalue weighted by atomic mass is 9.82. The molecule has 142 valence electrons. The molecule has 1 amide bonds. The van der Waals surface area contributed by atoms with Gasteiger partial charge in [0.1, 0.15) is 11.1 Å². The summed E-state index contributed by atoms with van der Waals surface area (Å²) in [4.78, 5) is 23.9. The normalized spacial score (nSPS) is 14.3. The average molecular weight is 345 g/mol. The minimum Gasteiger partial charge on any atom is -0.479 e. The molecule has 0 bridgehead atoms. The quantitative estimate of drug-likeness (QED) is 0.553.